The number of halogens is 2. The molecule has 4 nitrogen and oxygen atoms in total. The van der Waals surface area contributed by atoms with Crippen molar-refractivity contribution in [2.24, 2.45) is 5.92 Å². The molecule has 3 unspecified atom stereocenters. The Balaban J connectivity index is 1.72. The zero-order chi connectivity index (χ0) is 19.7. The van der Waals surface area contributed by atoms with Gasteiger partial charge in [0, 0.05) is 21.7 Å². The van der Waals surface area contributed by atoms with Gasteiger partial charge in [0.2, 0.25) is 0 Å². The van der Waals surface area contributed by atoms with Crippen molar-refractivity contribution in [1.82, 2.24) is 0 Å². The van der Waals surface area contributed by atoms with Gasteiger partial charge in [-0.15, -0.1) is 0 Å². The number of hydrogen-bond donors (Lipinski definition) is 1. The van der Waals surface area contributed by atoms with E-state index in [0.717, 1.165) is 49.1 Å². The third-order valence-electron chi connectivity index (χ3n) is 5.84. The maximum atomic E-state index is 13.0. The molecule has 1 saturated carbocycles. The van der Waals surface area contributed by atoms with Crippen molar-refractivity contribution >= 4 is 34.9 Å². The Kier molecular flexibility index (Phi) is 5.44. The standard InChI is InChI=1S/C22H23Cl2NO3/c1-27-18-7-5-6-14(10-18)22-9-4-2-3-8-19(22)20(21(26)28-22)25-17-12-15(23)11-16(24)13-17/h5-7,10-13,19-20,25H,2-4,8-9H2,1H3. The number of carbonyl (C=O) groups is 1. The normalized spacial score (nSPS) is 26.9. The van der Waals surface area contributed by atoms with Crippen LogP contribution in [0, 0.1) is 5.92 Å². The number of methoxy groups -OCH3 is 1. The van der Waals surface area contributed by atoms with Crippen LogP contribution in [0.15, 0.2) is 42.5 Å². The highest BCUT2D eigenvalue weighted by molar-refractivity contribution is 6.35. The molecule has 1 aliphatic carbocycles. The molecule has 2 aromatic rings. The Morgan fingerprint density at radius 2 is 1.89 bits per heavy atom. The molecule has 1 N–H and O–H groups in total. The van der Waals surface area contributed by atoms with Gasteiger partial charge in [0.1, 0.15) is 17.4 Å². The minimum Gasteiger partial charge on any atom is -0.497 e. The molecule has 2 fully saturated rings. The van der Waals surface area contributed by atoms with Gasteiger partial charge in [-0.3, -0.25) is 0 Å². The lowest BCUT2D eigenvalue weighted by atomic mass is 9.76. The van der Waals surface area contributed by atoms with E-state index in [1.165, 1.54) is 0 Å². The Hall–Kier alpha value is -1.91. The largest absolute Gasteiger partial charge is 0.497 e. The van der Waals surface area contributed by atoms with Crippen LogP contribution >= 0.6 is 23.2 Å². The minimum absolute atomic E-state index is 0.0207. The summed E-state index contributed by atoms with van der Waals surface area (Å²) in [7, 11) is 1.65. The summed E-state index contributed by atoms with van der Waals surface area (Å²) in [5.74, 6) is 0.558. The van der Waals surface area contributed by atoms with Gasteiger partial charge in [0.25, 0.3) is 0 Å². The average Bonchev–Trinajstić information content (AvgIpc) is 2.81. The first-order valence-corrected chi connectivity index (χ1v) is 10.4. The van der Waals surface area contributed by atoms with Crippen molar-refractivity contribution < 1.29 is 14.3 Å². The van der Waals surface area contributed by atoms with Crippen LogP contribution in [0.4, 0.5) is 5.69 Å². The fourth-order valence-electron chi connectivity index (χ4n) is 4.60. The van der Waals surface area contributed by atoms with Crippen LogP contribution in [0.3, 0.4) is 0 Å². The lowest BCUT2D eigenvalue weighted by Gasteiger charge is -2.34. The monoisotopic (exact) mass is 419 g/mol. The third-order valence-corrected chi connectivity index (χ3v) is 6.28. The van der Waals surface area contributed by atoms with Crippen molar-refractivity contribution in [3.05, 3.63) is 58.1 Å². The second-order valence-corrected chi connectivity index (χ2v) is 8.40. The maximum Gasteiger partial charge on any atom is 0.329 e. The number of fused-ring (bicyclic) bond motifs is 1. The smallest absolute Gasteiger partial charge is 0.329 e. The number of esters is 1. The van der Waals surface area contributed by atoms with Crippen LogP contribution < -0.4 is 10.1 Å². The molecule has 0 amide bonds. The predicted octanol–water partition coefficient (Wildman–Crippen LogP) is 5.82. The summed E-state index contributed by atoms with van der Waals surface area (Å²) in [6, 6.07) is 12.7. The summed E-state index contributed by atoms with van der Waals surface area (Å²) < 4.78 is 11.6. The van der Waals surface area contributed by atoms with Crippen LogP contribution in [0.2, 0.25) is 10.0 Å². The van der Waals surface area contributed by atoms with Gasteiger partial charge in [-0.2, -0.15) is 0 Å². The molecule has 1 aliphatic heterocycles. The van der Waals surface area contributed by atoms with Crippen molar-refractivity contribution in [1.29, 1.82) is 0 Å². The van der Waals surface area contributed by atoms with Crippen LogP contribution in [0.25, 0.3) is 0 Å². The van der Waals surface area contributed by atoms with Crippen LogP contribution in [-0.2, 0) is 15.1 Å². The first-order chi connectivity index (χ1) is 13.5. The van der Waals surface area contributed by atoms with E-state index >= 15 is 0 Å². The number of anilines is 1. The average molecular weight is 420 g/mol. The highest BCUT2D eigenvalue weighted by Gasteiger charge is 2.56. The first-order valence-electron chi connectivity index (χ1n) is 9.62. The molecule has 6 heteroatoms. The van der Waals surface area contributed by atoms with Crippen molar-refractivity contribution in [2.45, 2.75) is 43.7 Å². The molecule has 1 saturated heterocycles. The van der Waals surface area contributed by atoms with E-state index in [0.29, 0.717) is 10.0 Å². The Bertz CT molecular complexity index is 868. The number of carbonyl (C=O) groups excluding carboxylic acids is 1. The second kappa shape index (κ2) is 7.84. The lowest BCUT2D eigenvalue weighted by Crippen LogP contribution is -2.38. The summed E-state index contributed by atoms with van der Waals surface area (Å²) in [6.07, 6.45) is 4.95. The molecule has 0 aromatic heterocycles. The molecule has 2 aliphatic rings. The highest BCUT2D eigenvalue weighted by Crippen LogP contribution is 2.51. The van der Waals surface area contributed by atoms with Crippen molar-refractivity contribution in [2.75, 3.05) is 12.4 Å². The predicted molar refractivity (Wildman–Crippen MR) is 111 cm³/mol. The van der Waals surface area contributed by atoms with Crippen LogP contribution in [0.1, 0.15) is 37.7 Å². The number of nitrogens with one attached hydrogen (secondary N) is 1. The number of benzene rings is 2. The number of ether oxygens (including phenoxy) is 2. The van der Waals surface area contributed by atoms with E-state index < -0.39 is 11.6 Å². The molecule has 1 heterocycles. The minimum atomic E-state index is -0.637. The zero-order valence-electron chi connectivity index (χ0n) is 15.7. The summed E-state index contributed by atoms with van der Waals surface area (Å²) in [4.78, 5) is 13.0. The fraction of sp³-hybridized carbons (Fsp3) is 0.409. The van der Waals surface area contributed by atoms with Gasteiger partial charge >= 0.3 is 5.97 Å². The maximum absolute atomic E-state index is 13.0. The van der Waals surface area contributed by atoms with E-state index in [4.69, 9.17) is 32.7 Å². The molecule has 4 rings (SSSR count). The third kappa shape index (κ3) is 3.56. The van der Waals surface area contributed by atoms with E-state index in [9.17, 15) is 4.79 Å². The molecule has 0 bridgehead atoms. The van der Waals surface area contributed by atoms with Crippen LogP contribution in [0.5, 0.6) is 5.75 Å². The zero-order valence-corrected chi connectivity index (χ0v) is 17.2. The topological polar surface area (TPSA) is 47.6 Å². The molecule has 3 atom stereocenters. The quantitative estimate of drug-likeness (QED) is 0.634. The van der Waals surface area contributed by atoms with E-state index in [1.807, 2.05) is 24.3 Å². The summed E-state index contributed by atoms with van der Waals surface area (Å²) >= 11 is 12.3. The molecule has 0 spiro atoms. The van der Waals surface area contributed by atoms with Crippen molar-refractivity contribution in [3.63, 3.8) is 0 Å². The highest BCUT2D eigenvalue weighted by atomic mass is 35.5. The number of rotatable bonds is 4. The summed E-state index contributed by atoms with van der Waals surface area (Å²) in [5, 5.41) is 4.41. The molecule has 148 valence electrons. The molecular formula is C22H23Cl2NO3. The van der Waals surface area contributed by atoms with Gasteiger partial charge in [-0.05, 0) is 55.2 Å². The molecule has 28 heavy (non-hydrogen) atoms. The van der Waals surface area contributed by atoms with Gasteiger partial charge in [0.05, 0.1) is 7.11 Å². The van der Waals surface area contributed by atoms with E-state index in [2.05, 4.69) is 5.32 Å². The summed E-state index contributed by atoms with van der Waals surface area (Å²) in [6.45, 7) is 0. The van der Waals surface area contributed by atoms with E-state index in [-0.39, 0.29) is 11.9 Å². The fourth-order valence-corrected chi connectivity index (χ4v) is 5.12. The second-order valence-electron chi connectivity index (χ2n) is 7.53. The Morgan fingerprint density at radius 3 is 2.64 bits per heavy atom. The number of hydrogen-bond acceptors (Lipinski definition) is 4. The van der Waals surface area contributed by atoms with Gasteiger partial charge in [0.15, 0.2) is 0 Å². The van der Waals surface area contributed by atoms with Crippen LogP contribution in [-0.4, -0.2) is 19.1 Å². The van der Waals surface area contributed by atoms with Gasteiger partial charge in [-0.25, -0.2) is 4.79 Å². The Labute approximate surface area is 175 Å². The molecule has 0 radical (unpaired) electrons. The SMILES string of the molecule is COc1cccc(C23CCCCCC2C(Nc2cc(Cl)cc(Cl)c2)C(=O)O3)c1. The Morgan fingerprint density at radius 1 is 1.11 bits per heavy atom. The molecule has 2 aromatic carbocycles. The lowest BCUT2D eigenvalue weighted by molar-refractivity contribution is -0.151. The molecular weight excluding hydrogens is 397 g/mol. The first kappa shape index (κ1) is 19.4. The summed E-state index contributed by atoms with van der Waals surface area (Å²) in [5.41, 5.74) is 1.09. The van der Waals surface area contributed by atoms with Crippen molar-refractivity contribution in [3.8, 4) is 5.75 Å². The van der Waals surface area contributed by atoms with Gasteiger partial charge < -0.3 is 14.8 Å². The van der Waals surface area contributed by atoms with Gasteiger partial charge in [-0.1, -0.05) is 48.2 Å². The van der Waals surface area contributed by atoms with E-state index in [1.54, 1.807) is 25.3 Å².